The summed E-state index contributed by atoms with van der Waals surface area (Å²) in [5, 5.41) is 7.88. The minimum absolute atomic E-state index is 0.0133. The third-order valence-corrected chi connectivity index (χ3v) is 5.05. The lowest BCUT2D eigenvalue weighted by molar-refractivity contribution is -0.137. The summed E-state index contributed by atoms with van der Waals surface area (Å²) in [5.74, 6) is 0.0133. The molecule has 9 heteroatoms. The maximum absolute atomic E-state index is 12.7. The van der Waals surface area contributed by atoms with Crippen molar-refractivity contribution in [1.29, 1.82) is 0 Å². The van der Waals surface area contributed by atoms with Gasteiger partial charge in [0.15, 0.2) is 0 Å². The summed E-state index contributed by atoms with van der Waals surface area (Å²) in [6, 6.07) is 2.51. The van der Waals surface area contributed by atoms with Crippen molar-refractivity contribution in [1.82, 2.24) is 10.3 Å². The van der Waals surface area contributed by atoms with Gasteiger partial charge in [0.2, 0.25) is 0 Å². The molecule has 1 aromatic carbocycles. The number of halogens is 4. The average molecular weight is 422 g/mol. The predicted molar refractivity (Wildman–Crippen MR) is 91.4 cm³/mol. The SMILES string of the molecule is Cc1csc([C@H](C)CNC(=O)Nc2cc(C(F)(F)F)ccc2Br)n1. The number of hydrogen-bond donors (Lipinski definition) is 2. The van der Waals surface area contributed by atoms with Gasteiger partial charge in [-0.15, -0.1) is 11.3 Å². The van der Waals surface area contributed by atoms with Crippen LogP contribution in [0, 0.1) is 6.92 Å². The van der Waals surface area contributed by atoms with Crippen LogP contribution < -0.4 is 10.6 Å². The molecule has 0 bridgehead atoms. The normalized spacial score (nSPS) is 12.8. The summed E-state index contributed by atoms with van der Waals surface area (Å²) in [5.41, 5.74) is 0.145. The number of nitrogens with zero attached hydrogens (tertiary/aromatic N) is 1. The van der Waals surface area contributed by atoms with Crippen molar-refractivity contribution in [2.45, 2.75) is 25.9 Å². The highest BCUT2D eigenvalue weighted by atomic mass is 79.9. The van der Waals surface area contributed by atoms with E-state index in [4.69, 9.17) is 0 Å². The van der Waals surface area contributed by atoms with Crippen molar-refractivity contribution in [3.05, 3.63) is 44.3 Å². The van der Waals surface area contributed by atoms with Crippen LogP contribution in [0.3, 0.4) is 0 Å². The number of nitrogens with one attached hydrogen (secondary N) is 2. The van der Waals surface area contributed by atoms with E-state index >= 15 is 0 Å². The predicted octanol–water partition coefficient (Wildman–Crippen LogP) is 5.16. The molecule has 1 aromatic heterocycles. The maximum atomic E-state index is 12.7. The van der Waals surface area contributed by atoms with Crippen LogP contribution in [0.25, 0.3) is 0 Å². The molecule has 0 saturated carbocycles. The molecule has 130 valence electrons. The lowest BCUT2D eigenvalue weighted by Crippen LogP contribution is -2.32. The van der Waals surface area contributed by atoms with Gasteiger partial charge >= 0.3 is 12.2 Å². The first-order valence-electron chi connectivity index (χ1n) is 7.00. The summed E-state index contributed by atoms with van der Waals surface area (Å²) in [6.45, 7) is 4.13. The molecule has 0 saturated heterocycles. The Hall–Kier alpha value is -1.61. The number of aromatic nitrogens is 1. The average Bonchev–Trinajstić information content (AvgIpc) is 2.92. The molecule has 1 heterocycles. The van der Waals surface area contributed by atoms with Gasteiger partial charge in [0.1, 0.15) is 0 Å². The zero-order valence-electron chi connectivity index (χ0n) is 12.9. The van der Waals surface area contributed by atoms with Gasteiger partial charge in [0.25, 0.3) is 0 Å². The summed E-state index contributed by atoms with van der Waals surface area (Å²) < 4.78 is 38.6. The number of hydrogen-bond acceptors (Lipinski definition) is 3. The third-order valence-electron chi connectivity index (χ3n) is 3.17. The highest BCUT2D eigenvalue weighted by Crippen LogP contribution is 2.33. The Morgan fingerprint density at radius 2 is 2.12 bits per heavy atom. The first-order chi connectivity index (χ1) is 11.2. The second-order valence-corrected chi connectivity index (χ2v) is 7.00. The van der Waals surface area contributed by atoms with E-state index in [9.17, 15) is 18.0 Å². The molecule has 0 aliphatic heterocycles. The zero-order valence-corrected chi connectivity index (χ0v) is 15.3. The van der Waals surface area contributed by atoms with Crippen LogP contribution in [0.5, 0.6) is 0 Å². The summed E-state index contributed by atoms with van der Waals surface area (Å²) >= 11 is 4.63. The van der Waals surface area contributed by atoms with E-state index < -0.39 is 17.8 Å². The highest BCUT2D eigenvalue weighted by Gasteiger charge is 2.31. The van der Waals surface area contributed by atoms with Crippen LogP contribution in [-0.4, -0.2) is 17.6 Å². The number of carbonyl (C=O) groups excluding carboxylic acids is 1. The quantitative estimate of drug-likeness (QED) is 0.716. The summed E-state index contributed by atoms with van der Waals surface area (Å²) in [4.78, 5) is 16.3. The van der Waals surface area contributed by atoms with Crippen molar-refractivity contribution in [2.75, 3.05) is 11.9 Å². The van der Waals surface area contributed by atoms with Crippen molar-refractivity contribution in [2.24, 2.45) is 0 Å². The van der Waals surface area contributed by atoms with Crippen LogP contribution in [0.15, 0.2) is 28.1 Å². The molecule has 1 atom stereocenters. The molecule has 0 spiro atoms. The van der Waals surface area contributed by atoms with Gasteiger partial charge in [0.05, 0.1) is 16.3 Å². The number of alkyl halides is 3. The van der Waals surface area contributed by atoms with Gasteiger partial charge in [-0.3, -0.25) is 0 Å². The molecular formula is C15H15BrF3N3OS. The molecule has 0 radical (unpaired) electrons. The van der Waals surface area contributed by atoms with E-state index in [1.54, 1.807) is 0 Å². The van der Waals surface area contributed by atoms with Crippen LogP contribution in [0.1, 0.15) is 29.1 Å². The maximum Gasteiger partial charge on any atom is 0.416 e. The molecule has 0 aliphatic carbocycles. The smallest absolute Gasteiger partial charge is 0.337 e. The number of thiazole rings is 1. The Balaban J connectivity index is 1.97. The fraction of sp³-hybridized carbons (Fsp3) is 0.333. The molecule has 2 rings (SSSR count). The number of amides is 2. The zero-order chi connectivity index (χ0) is 17.9. The fourth-order valence-electron chi connectivity index (χ4n) is 1.90. The monoisotopic (exact) mass is 421 g/mol. The van der Waals surface area contributed by atoms with E-state index in [-0.39, 0.29) is 11.6 Å². The Labute approximate surface area is 149 Å². The first-order valence-corrected chi connectivity index (χ1v) is 8.67. The molecule has 2 N–H and O–H groups in total. The number of anilines is 1. The van der Waals surface area contributed by atoms with E-state index in [2.05, 4.69) is 31.5 Å². The van der Waals surface area contributed by atoms with Crippen molar-refractivity contribution >= 4 is 39.0 Å². The standard InChI is InChI=1S/C15H15BrF3N3OS/c1-8(13-21-9(2)7-24-13)6-20-14(23)22-12-5-10(15(17,18)19)3-4-11(12)16/h3-5,7-8H,6H2,1-2H3,(H2,20,22,23)/t8-/m1/s1. The Kier molecular flexibility index (Phi) is 5.87. The van der Waals surface area contributed by atoms with E-state index in [0.717, 1.165) is 22.8 Å². The number of carbonyl (C=O) groups is 1. The molecule has 4 nitrogen and oxygen atoms in total. The fourth-order valence-corrected chi connectivity index (χ4v) is 3.10. The van der Waals surface area contributed by atoms with Crippen molar-refractivity contribution in [3.63, 3.8) is 0 Å². The summed E-state index contributed by atoms with van der Waals surface area (Å²) in [7, 11) is 0. The Morgan fingerprint density at radius 3 is 2.71 bits per heavy atom. The van der Waals surface area contributed by atoms with Gasteiger partial charge < -0.3 is 10.6 Å². The minimum Gasteiger partial charge on any atom is -0.337 e. The number of aryl methyl sites for hydroxylation is 1. The third kappa shape index (κ3) is 4.94. The van der Waals surface area contributed by atoms with Gasteiger partial charge in [-0.25, -0.2) is 9.78 Å². The van der Waals surface area contributed by atoms with Crippen molar-refractivity contribution in [3.8, 4) is 0 Å². The van der Waals surface area contributed by atoms with E-state index in [1.807, 2.05) is 19.2 Å². The minimum atomic E-state index is -4.47. The lowest BCUT2D eigenvalue weighted by atomic mass is 10.2. The van der Waals surface area contributed by atoms with Gasteiger partial charge in [-0.2, -0.15) is 13.2 Å². The molecular weight excluding hydrogens is 407 g/mol. The number of rotatable bonds is 4. The number of benzene rings is 1. The molecule has 0 fully saturated rings. The molecule has 24 heavy (non-hydrogen) atoms. The van der Waals surface area contributed by atoms with Gasteiger partial charge in [-0.1, -0.05) is 6.92 Å². The largest absolute Gasteiger partial charge is 0.416 e. The summed E-state index contributed by atoms with van der Waals surface area (Å²) in [6.07, 6.45) is -4.47. The van der Waals surface area contributed by atoms with Crippen molar-refractivity contribution < 1.29 is 18.0 Å². The van der Waals surface area contributed by atoms with E-state index in [0.29, 0.717) is 11.0 Å². The first kappa shape index (κ1) is 18.7. The second-order valence-electron chi connectivity index (χ2n) is 5.26. The molecule has 0 aliphatic rings. The van der Waals surface area contributed by atoms with Crippen LogP contribution in [0.2, 0.25) is 0 Å². The molecule has 2 aromatic rings. The van der Waals surface area contributed by atoms with Gasteiger partial charge in [0, 0.05) is 28.0 Å². The number of urea groups is 1. The lowest BCUT2D eigenvalue weighted by Gasteiger charge is -2.14. The van der Waals surface area contributed by atoms with Crippen LogP contribution in [0.4, 0.5) is 23.7 Å². The molecule has 2 amide bonds. The Morgan fingerprint density at radius 1 is 1.42 bits per heavy atom. The van der Waals surface area contributed by atoms with Crippen LogP contribution in [-0.2, 0) is 6.18 Å². The second kappa shape index (κ2) is 7.52. The Bertz CT molecular complexity index is 733. The van der Waals surface area contributed by atoms with Crippen LogP contribution >= 0.6 is 27.3 Å². The van der Waals surface area contributed by atoms with Gasteiger partial charge in [-0.05, 0) is 41.1 Å². The van der Waals surface area contributed by atoms with E-state index in [1.165, 1.54) is 17.4 Å². The topological polar surface area (TPSA) is 54.0 Å². The highest BCUT2D eigenvalue weighted by molar-refractivity contribution is 9.10. The molecule has 0 unspecified atom stereocenters.